The van der Waals surface area contributed by atoms with Crippen LogP contribution in [0.15, 0.2) is 91.0 Å². The van der Waals surface area contributed by atoms with Crippen LogP contribution in [0.3, 0.4) is 0 Å². The lowest BCUT2D eigenvalue weighted by molar-refractivity contribution is -0.380. The first-order valence-electron chi connectivity index (χ1n) is 14.0. The van der Waals surface area contributed by atoms with Gasteiger partial charge >= 0.3 is 0 Å². The summed E-state index contributed by atoms with van der Waals surface area (Å²) in [5.41, 5.74) is 3.16. The Labute approximate surface area is 232 Å². The molecule has 39 heavy (non-hydrogen) atoms. The number of hydrogen-bond acceptors (Lipinski definition) is 6. The van der Waals surface area contributed by atoms with Gasteiger partial charge in [0.1, 0.15) is 18.3 Å². The highest BCUT2D eigenvalue weighted by Crippen LogP contribution is 2.39. The molecule has 0 spiro atoms. The second-order valence-electron chi connectivity index (χ2n) is 10.1. The fourth-order valence-electron chi connectivity index (χ4n) is 5.00. The van der Waals surface area contributed by atoms with Crippen LogP contribution >= 0.6 is 0 Å². The summed E-state index contributed by atoms with van der Waals surface area (Å²) in [5, 5.41) is 10.2. The number of ether oxygens (including phenoxy) is 5. The molecular formula is C33H42O6. The first-order valence-corrected chi connectivity index (χ1v) is 14.0. The molecule has 3 aromatic carbocycles. The van der Waals surface area contributed by atoms with Gasteiger partial charge in [0.05, 0.1) is 32.5 Å². The van der Waals surface area contributed by atoms with Crippen molar-refractivity contribution in [1.29, 1.82) is 0 Å². The molecule has 1 saturated heterocycles. The lowest BCUT2D eigenvalue weighted by atomic mass is 9.90. The van der Waals surface area contributed by atoms with Gasteiger partial charge in [-0.15, -0.1) is 0 Å². The van der Waals surface area contributed by atoms with Gasteiger partial charge in [0.15, 0.2) is 5.79 Å². The largest absolute Gasteiger partial charge is 0.396 e. The van der Waals surface area contributed by atoms with Crippen LogP contribution in [0.2, 0.25) is 0 Å². The lowest BCUT2D eigenvalue weighted by Crippen LogP contribution is -2.67. The minimum absolute atomic E-state index is 0.106. The summed E-state index contributed by atoms with van der Waals surface area (Å²) < 4.78 is 32.9. The van der Waals surface area contributed by atoms with Crippen LogP contribution in [0.5, 0.6) is 0 Å². The van der Waals surface area contributed by atoms with Gasteiger partial charge in [-0.25, -0.2) is 0 Å². The number of aliphatic hydroxyl groups is 1. The summed E-state index contributed by atoms with van der Waals surface area (Å²) in [5.74, 6) is -1.17. The fraction of sp³-hybridized carbons (Fsp3) is 0.455. The Bertz CT molecular complexity index is 1060. The van der Waals surface area contributed by atoms with E-state index in [0.717, 1.165) is 29.5 Å². The second kappa shape index (κ2) is 15.3. The Morgan fingerprint density at radius 3 is 1.69 bits per heavy atom. The Morgan fingerprint density at radius 1 is 0.718 bits per heavy atom. The van der Waals surface area contributed by atoms with E-state index in [1.54, 1.807) is 0 Å². The normalized spacial score (nSPS) is 25.0. The average Bonchev–Trinajstić information content (AvgIpc) is 2.97. The minimum atomic E-state index is -1.17. The number of rotatable bonds is 15. The summed E-state index contributed by atoms with van der Waals surface area (Å²) in [6, 6.07) is 30.2. The number of aliphatic hydroxyl groups excluding tert-OH is 1. The SMILES string of the molecule is CCCCO[C@]1(CCO)O[C@@H](C)[C@@H](OCc2ccccc2)[C@@H](OCc2ccccc2)[C@@H]1OCc1ccccc1. The molecule has 3 aromatic rings. The van der Waals surface area contributed by atoms with Crippen molar-refractivity contribution in [2.75, 3.05) is 13.2 Å². The van der Waals surface area contributed by atoms with Crippen LogP contribution in [0.1, 0.15) is 49.8 Å². The van der Waals surface area contributed by atoms with Crippen LogP contribution in [0.25, 0.3) is 0 Å². The van der Waals surface area contributed by atoms with Crippen LogP contribution in [0.4, 0.5) is 0 Å². The third-order valence-corrected chi connectivity index (χ3v) is 7.05. The zero-order valence-electron chi connectivity index (χ0n) is 23.1. The summed E-state index contributed by atoms with van der Waals surface area (Å²) in [4.78, 5) is 0. The second-order valence-corrected chi connectivity index (χ2v) is 10.1. The smallest absolute Gasteiger partial charge is 0.200 e. The van der Waals surface area contributed by atoms with Gasteiger partial charge in [0.2, 0.25) is 0 Å². The Hall–Kier alpha value is -2.58. The van der Waals surface area contributed by atoms with Crippen molar-refractivity contribution < 1.29 is 28.8 Å². The monoisotopic (exact) mass is 534 g/mol. The maximum Gasteiger partial charge on any atom is 0.200 e. The molecule has 1 N–H and O–H groups in total. The molecule has 1 fully saturated rings. The third-order valence-electron chi connectivity index (χ3n) is 7.05. The van der Waals surface area contributed by atoms with E-state index in [1.165, 1.54) is 0 Å². The first kappa shape index (κ1) is 29.4. The molecule has 6 heteroatoms. The van der Waals surface area contributed by atoms with Crippen LogP contribution in [-0.4, -0.2) is 48.5 Å². The van der Waals surface area contributed by atoms with E-state index in [1.807, 2.05) is 97.9 Å². The van der Waals surface area contributed by atoms with Gasteiger partial charge in [-0.3, -0.25) is 0 Å². The van der Waals surface area contributed by atoms with Crippen molar-refractivity contribution in [1.82, 2.24) is 0 Å². The molecule has 210 valence electrons. The molecule has 1 heterocycles. The van der Waals surface area contributed by atoms with Crippen LogP contribution in [0, 0.1) is 0 Å². The topological polar surface area (TPSA) is 66.4 Å². The molecule has 0 saturated carbocycles. The minimum Gasteiger partial charge on any atom is -0.396 e. The highest BCUT2D eigenvalue weighted by atomic mass is 16.7. The Morgan fingerprint density at radius 2 is 1.21 bits per heavy atom. The van der Waals surface area contributed by atoms with Crippen molar-refractivity contribution in [2.45, 2.75) is 83.1 Å². The molecule has 0 unspecified atom stereocenters. The quantitative estimate of drug-likeness (QED) is 0.239. The third kappa shape index (κ3) is 8.21. The van der Waals surface area contributed by atoms with Crippen molar-refractivity contribution in [3.8, 4) is 0 Å². The van der Waals surface area contributed by atoms with E-state index < -0.39 is 24.1 Å². The highest BCUT2D eigenvalue weighted by Gasteiger charge is 2.56. The van der Waals surface area contributed by atoms with E-state index in [-0.39, 0.29) is 19.1 Å². The summed E-state index contributed by atoms with van der Waals surface area (Å²) in [7, 11) is 0. The van der Waals surface area contributed by atoms with E-state index in [0.29, 0.717) is 26.4 Å². The van der Waals surface area contributed by atoms with Gasteiger partial charge in [0, 0.05) is 13.0 Å². The van der Waals surface area contributed by atoms with Crippen LogP contribution in [-0.2, 0) is 43.5 Å². The summed E-state index contributed by atoms with van der Waals surface area (Å²) >= 11 is 0. The average molecular weight is 535 g/mol. The molecule has 6 nitrogen and oxygen atoms in total. The number of benzene rings is 3. The fourth-order valence-corrected chi connectivity index (χ4v) is 5.00. The van der Waals surface area contributed by atoms with E-state index in [2.05, 4.69) is 6.92 Å². The van der Waals surface area contributed by atoms with E-state index in [4.69, 9.17) is 23.7 Å². The molecule has 0 aliphatic carbocycles. The predicted octanol–water partition coefficient (Wildman–Crippen LogP) is 6.06. The molecule has 0 bridgehead atoms. The lowest BCUT2D eigenvalue weighted by Gasteiger charge is -2.51. The highest BCUT2D eigenvalue weighted by molar-refractivity contribution is 5.16. The Balaban J connectivity index is 1.66. The number of hydrogen-bond donors (Lipinski definition) is 1. The molecule has 0 radical (unpaired) electrons. The van der Waals surface area contributed by atoms with Crippen molar-refractivity contribution >= 4 is 0 Å². The molecule has 1 aliphatic rings. The van der Waals surface area contributed by atoms with E-state index >= 15 is 0 Å². The molecular weight excluding hydrogens is 492 g/mol. The summed E-state index contributed by atoms with van der Waals surface area (Å²) in [6.45, 7) is 5.65. The first-order chi connectivity index (χ1) is 19.1. The molecule has 5 atom stereocenters. The van der Waals surface area contributed by atoms with Gasteiger partial charge < -0.3 is 28.8 Å². The maximum absolute atomic E-state index is 10.2. The summed E-state index contributed by atoms with van der Waals surface area (Å²) in [6.07, 6.45) is 0.195. The van der Waals surface area contributed by atoms with Gasteiger partial charge in [-0.1, -0.05) is 104 Å². The maximum atomic E-state index is 10.2. The van der Waals surface area contributed by atoms with Gasteiger partial charge in [0.25, 0.3) is 0 Å². The standard InChI is InChI=1S/C33H42O6/c1-3-4-22-38-33(20-21-34)32(37-25-29-18-12-7-13-19-29)31(36-24-28-16-10-6-11-17-28)30(26(2)39-33)35-23-27-14-8-5-9-15-27/h5-19,26,30-32,34H,3-4,20-25H2,1-2H3/t26-,30+,31+,32-,33+/m0/s1. The van der Waals surface area contributed by atoms with Crippen LogP contribution < -0.4 is 0 Å². The predicted molar refractivity (Wildman–Crippen MR) is 151 cm³/mol. The van der Waals surface area contributed by atoms with Crippen molar-refractivity contribution in [3.05, 3.63) is 108 Å². The van der Waals surface area contributed by atoms with Gasteiger partial charge in [-0.2, -0.15) is 0 Å². The molecule has 0 aromatic heterocycles. The van der Waals surface area contributed by atoms with Crippen molar-refractivity contribution in [3.63, 3.8) is 0 Å². The van der Waals surface area contributed by atoms with E-state index in [9.17, 15) is 5.11 Å². The van der Waals surface area contributed by atoms with Gasteiger partial charge in [-0.05, 0) is 30.0 Å². The molecule has 0 amide bonds. The molecule has 4 rings (SSSR count). The zero-order valence-corrected chi connectivity index (χ0v) is 23.1. The zero-order chi connectivity index (χ0) is 27.3. The number of unbranched alkanes of at least 4 members (excludes halogenated alkanes) is 1. The van der Waals surface area contributed by atoms with Crippen molar-refractivity contribution in [2.24, 2.45) is 0 Å². The molecule has 1 aliphatic heterocycles. The Kier molecular flexibility index (Phi) is 11.5.